The van der Waals surface area contributed by atoms with E-state index in [1.807, 2.05) is 18.7 Å². The highest BCUT2D eigenvalue weighted by atomic mass is 32.2. The zero-order chi connectivity index (χ0) is 13.3. The molecule has 0 aromatic heterocycles. The third kappa shape index (κ3) is 8.04. The van der Waals surface area contributed by atoms with Crippen molar-refractivity contribution in [1.82, 2.24) is 10.6 Å². The zero-order valence-electron chi connectivity index (χ0n) is 10.9. The Kier molecular flexibility index (Phi) is 8.89. The standard InChI is InChI=1S/C11H22N2O3S/c1-5-17-7-8(2)12-6-10(11(15)16-4)13-9(3)14/h8,10,12H,5-7H2,1-4H3,(H,13,14). The van der Waals surface area contributed by atoms with Gasteiger partial charge in [-0.15, -0.1) is 0 Å². The topological polar surface area (TPSA) is 67.4 Å². The van der Waals surface area contributed by atoms with Crippen LogP contribution >= 0.6 is 11.8 Å². The smallest absolute Gasteiger partial charge is 0.329 e. The zero-order valence-corrected chi connectivity index (χ0v) is 11.7. The van der Waals surface area contributed by atoms with Gasteiger partial charge in [-0.2, -0.15) is 11.8 Å². The van der Waals surface area contributed by atoms with Gasteiger partial charge in [0, 0.05) is 25.3 Å². The molecule has 2 N–H and O–H groups in total. The Morgan fingerprint density at radius 2 is 2.06 bits per heavy atom. The first kappa shape index (κ1) is 16.2. The van der Waals surface area contributed by atoms with E-state index < -0.39 is 12.0 Å². The Morgan fingerprint density at radius 1 is 1.41 bits per heavy atom. The van der Waals surface area contributed by atoms with Crippen LogP contribution in [-0.4, -0.2) is 49.1 Å². The fourth-order valence-electron chi connectivity index (χ4n) is 1.25. The predicted molar refractivity (Wildman–Crippen MR) is 70.1 cm³/mol. The maximum Gasteiger partial charge on any atom is 0.329 e. The van der Waals surface area contributed by atoms with Gasteiger partial charge in [0.1, 0.15) is 6.04 Å². The van der Waals surface area contributed by atoms with Crippen LogP contribution in [0.3, 0.4) is 0 Å². The molecule has 17 heavy (non-hydrogen) atoms. The highest BCUT2D eigenvalue weighted by molar-refractivity contribution is 7.99. The van der Waals surface area contributed by atoms with Crippen molar-refractivity contribution in [3.8, 4) is 0 Å². The summed E-state index contributed by atoms with van der Waals surface area (Å²) in [4.78, 5) is 22.3. The van der Waals surface area contributed by atoms with E-state index in [-0.39, 0.29) is 5.91 Å². The molecule has 0 aliphatic rings. The molecule has 2 atom stereocenters. The second-order valence-corrected chi connectivity index (χ2v) is 5.06. The molecule has 0 aromatic carbocycles. The number of amides is 1. The number of ether oxygens (including phenoxy) is 1. The van der Waals surface area contributed by atoms with Crippen LogP contribution in [0, 0.1) is 0 Å². The van der Waals surface area contributed by atoms with Gasteiger partial charge in [-0.25, -0.2) is 4.79 Å². The molecule has 0 aliphatic heterocycles. The molecule has 0 heterocycles. The van der Waals surface area contributed by atoms with Gasteiger partial charge in [0.15, 0.2) is 0 Å². The summed E-state index contributed by atoms with van der Waals surface area (Å²) in [6.45, 7) is 5.92. The first-order chi connectivity index (χ1) is 8.01. The molecule has 1 amide bonds. The van der Waals surface area contributed by atoms with Gasteiger partial charge in [-0.1, -0.05) is 6.92 Å². The third-order valence-electron chi connectivity index (χ3n) is 2.11. The SMILES string of the molecule is CCSCC(C)NCC(NC(C)=O)C(=O)OC. The number of rotatable bonds is 8. The average Bonchev–Trinajstić information content (AvgIpc) is 2.30. The number of hydrogen-bond donors (Lipinski definition) is 2. The van der Waals surface area contributed by atoms with Crippen molar-refractivity contribution in [2.24, 2.45) is 0 Å². The molecule has 0 rings (SSSR count). The molecular formula is C11H22N2O3S. The monoisotopic (exact) mass is 262 g/mol. The Balaban J connectivity index is 4.06. The summed E-state index contributed by atoms with van der Waals surface area (Å²) in [5.41, 5.74) is 0. The molecule has 0 bridgehead atoms. The Labute approximate surface area is 107 Å². The van der Waals surface area contributed by atoms with Crippen LogP contribution in [0.1, 0.15) is 20.8 Å². The number of esters is 1. The lowest BCUT2D eigenvalue weighted by molar-refractivity contribution is -0.144. The highest BCUT2D eigenvalue weighted by Gasteiger charge is 2.20. The molecule has 100 valence electrons. The third-order valence-corrected chi connectivity index (χ3v) is 3.25. The van der Waals surface area contributed by atoms with E-state index in [4.69, 9.17) is 0 Å². The van der Waals surface area contributed by atoms with E-state index in [2.05, 4.69) is 22.3 Å². The minimum absolute atomic E-state index is 0.238. The van der Waals surface area contributed by atoms with Crippen LogP contribution in [0.4, 0.5) is 0 Å². The maximum absolute atomic E-state index is 11.4. The number of carbonyl (C=O) groups is 2. The van der Waals surface area contributed by atoms with E-state index in [0.29, 0.717) is 12.6 Å². The maximum atomic E-state index is 11.4. The second kappa shape index (κ2) is 9.30. The first-order valence-electron chi connectivity index (χ1n) is 5.67. The molecule has 0 aliphatic carbocycles. The first-order valence-corrected chi connectivity index (χ1v) is 6.82. The van der Waals surface area contributed by atoms with Crippen LogP contribution < -0.4 is 10.6 Å². The van der Waals surface area contributed by atoms with Gasteiger partial charge in [-0.05, 0) is 12.7 Å². The minimum Gasteiger partial charge on any atom is -0.467 e. The number of carbonyl (C=O) groups excluding carboxylic acids is 2. The summed E-state index contributed by atoms with van der Waals surface area (Å²) in [7, 11) is 1.31. The summed E-state index contributed by atoms with van der Waals surface area (Å²) in [6, 6.07) is -0.326. The fraction of sp³-hybridized carbons (Fsp3) is 0.818. The van der Waals surface area contributed by atoms with Gasteiger partial charge >= 0.3 is 5.97 Å². The van der Waals surface area contributed by atoms with E-state index in [9.17, 15) is 9.59 Å². The minimum atomic E-state index is -0.619. The summed E-state index contributed by atoms with van der Waals surface area (Å²) in [5.74, 6) is 1.38. The Morgan fingerprint density at radius 3 is 2.53 bits per heavy atom. The van der Waals surface area contributed by atoms with E-state index in [1.165, 1.54) is 14.0 Å². The van der Waals surface area contributed by atoms with Gasteiger partial charge in [0.05, 0.1) is 7.11 Å². The largest absolute Gasteiger partial charge is 0.467 e. The Hall–Kier alpha value is -0.750. The number of nitrogens with one attached hydrogen (secondary N) is 2. The molecule has 0 aromatic rings. The average molecular weight is 262 g/mol. The number of methoxy groups -OCH3 is 1. The van der Waals surface area contributed by atoms with Gasteiger partial charge in [0.25, 0.3) is 0 Å². The normalized spacial score (nSPS) is 13.9. The second-order valence-electron chi connectivity index (χ2n) is 3.75. The predicted octanol–water partition coefficient (Wildman–Crippen LogP) is 0.395. The summed E-state index contributed by atoms with van der Waals surface area (Å²) < 4.78 is 4.63. The molecule has 0 saturated heterocycles. The van der Waals surface area contributed by atoms with Crippen LogP contribution in [0.25, 0.3) is 0 Å². The quantitative estimate of drug-likeness (QED) is 0.620. The van der Waals surface area contributed by atoms with Crippen LogP contribution in [0.2, 0.25) is 0 Å². The van der Waals surface area contributed by atoms with Gasteiger partial charge < -0.3 is 15.4 Å². The van der Waals surface area contributed by atoms with E-state index >= 15 is 0 Å². The lowest BCUT2D eigenvalue weighted by Gasteiger charge is -2.19. The van der Waals surface area contributed by atoms with Gasteiger partial charge in [-0.3, -0.25) is 4.79 Å². The van der Waals surface area contributed by atoms with Gasteiger partial charge in [0.2, 0.25) is 5.91 Å². The van der Waals surface area contributed by atoms with Crippen molar-refractivity contribution < 1.29 is 14.3 Å². The fourth-order valence-corrected chi connectivity index (χ4v) is 1.96. The van der Waals surface area contributed by atoms with Crippen LogP contribution in [0.15, 0.2) is 0 Å². The molecule has 0 saturated carbocycles. The van der Waals surface area contributed by atoms with Crippen LogP contribution in [-0.2, 0) is 14.3 Å². The summed E-state index contributed by atoms with van der Waals surface area (Å²) in [6.07, 6.45) is 0. The van der Waals surface area contributed by atoms with E-state index in [0.717, 1.165) is 11.5 Å². The molecule has 0 fully saturated rings. The molecule has 2 unspecified atom stereocenters. The number of hydrogen-bond acceptors (Lipinski definition) is 5. The molecule has 5 nitrogen and oxygen atoms in total. The molecular weight excluding hydrogens is 240 g/mol. The lowest BCUT2D eigenvalue weighted by Crippen LogP contribution is -2.49. The van der Waals surface area contributed by atoms with Crippen molar-refractivity contribution >= 4 is 23.6 Å². The molecule has 0 spiro atoms. The van der Waals surface area contributed by atoms with Crippen LogP contribution in [0.5, 0.6) is 0 Å². The van der Waals surface area contributed by atoms with Crippen molar-refractivity contribution in [2.75, 3.05) is 25.2 Å². The summed E-state index contributed by atoms with van der Waals surface area (Å²) in [5, 5.41) is 5.76. The molecule has 0 radical (unpaired) electrons. The van der Waals surface area contributed by atoms with Crippen molar-refractivity contribution in [3.63, 3.8) is 0 Å². The Bertz CT molecular complexity index is 249. The molecule has 6 heteroatoms. The van der Waals surface area contributed by atoms with Crippen molar-refractivity contribution in [1.29, 1.82) is 0 Å². The van der Waals surface area contributed by atoms with E-state index in [1.54, 1.807) is 0 Å². The number of thioether (sulfide) groups is 1. The van der Waals surface area contributed by atoms with Crippen molar-refractivity contribution in [3.05, 3.63) is 0 Å². The summed E-state index contributed by atoms with van der Waals surface area (Å²) >= 11 is 1.83. The lowest BCUT2D eigenvalue weighted by atomic mass is 10.2. The van der Waals surface area contributed by atoms with Crippen molar-refractivity contribution in [2.45, 2.75) is 32.9 Å². The highest BCUT2D eigenvalue weighted by Crippen LogP contribution is 2.01.